The Kier molecular flexibility index (Phi) is 3.16. The first-order valence-electron chi connectivity index (χ1n) is 6.39. The predicted molar refractivity (Wildman–Crippen MR) is 77.8 cm³/mol. The number of rotatable bonds is 2. The van der Waals surface area contributed by atoms with Gasteiger partial charge in [-0.05, 0) is 56.7 Å². The Morgan fingerprint density at radius 2 is 2.00 bits per heavy atom. The van der Waals surface area contributed by atoms with E-state index in [0.717, 1.165) is 17.1 Å². The van der Waals surface area contributed by atoms with Gasteiger partial charge in [-0.3, -0.25) is 0 Å². The SMILES string of the molecule is CC(C)Nc1nc(Cl)nc2sc3c(c12)CCCC3. The van der Waals surface area contributed by atoms with E-state index in [4.69, 9.17) is 11.6 Å². The van der Waals surface area contributed by atoms with Gasteiger partial charge in [-0.2, -0.15) is 0 Å². The monoisotopic (exact) mass is 281 g/mol. The molecule has 0 radical (unpaired) electrons. The molecule has 2 aromatic rings. The molecule has 0 amide bonds. The largest absolute Gasteiger partial charge is 0.367 e. The lowest BCUT2D eigenvalue weighted by atomic mass is 9.97. The highest BCUT2D eigenvalue weighted by molar-refractivity contribution is 7.19. The van der Waals surface area contributed by atoms with E-state index < -0.39 is 0 Å². The molecule has 0 spiro atoms. The zero-order valence-electron chi connectivity index (χ0n) is 10.6. The minimum atomic E-state index is 0.337. The Hall–Kier alpha value is -0.870. The average Bonchev–Trinajstić information content (AvgIpc) is 2.65. The van der Waals surface area contributed by atoms with E-state index in [-0.39, 0.29) is 0 Å². The van der Waals surface area contributed by atoms with Gasteiger partial charge in [0.05, 0.1) is 5.39 Å². The topological polar surface area (TPSA) is 37.8 Å². The van der Waals surface area contributed by atoms with Crippen LogP contribution in [0.5, 0.6) is 0 Å². The smallest absolute Gasteiger partial charge is 0.225 e. The van der Waals surface area contributed by atoms with Crippen molar-refractivity contribution >= 4 is 39.0 Å². The van der Waals surface area contributed by atoms with Crippen molar-refractivity contribution in [3.05, 3.63) is 15.7 Å². The van der Waals surface area contributed by atoms with Crippen LogP contribution in [0.25, 0.3) is 10.2 Å². The van der Waals surface area contributed by atoms with Crippen molar-refractivity contribution in [2.75, 3.05) is 5.32 Å². The molecule has 0 bridgehead atoms. The van der Waals surface area contributed by atoms with Crippen LogP contribution in [0.1, 0.15) is 37.1 Å². The zero-order chi connectivity index (χ0) is 12.7. The fourth-order valence-electron chi connectivity index (χ4n) is 2.51. The molecule has 0 aromatic carbocycles. The third kappa shape index (κ3) is 2.08. The van der Waals surface area contributed by atoms with Gasteiger partial charge in [0.2, 0.25) is 5.28 Å². The molecule has 1 aliphatic carbocycles. The molecule has 0 fully saturated rings. The summed E-state index contributed by atoms with van der Waals surface area (Å²) in [6.45, 7) is 4.22. The highest BCUT2D eigenvalue weighted by Crippen LogP contribution is 2.39. The Balaban J connectivity index is 2.22. The normalized spacial score (nSPS) is 15.1. The van der Waals surface area contributed by atoms with E-state index in [1.54, 1.807) is 11.3 Å². The molecule has 5 heteroatoms. The van der Waals surface area contributed by atoms with E-state index in [0.29, 0.717) is 11.3 Å². The summed E-state index contributed by atoms with van der Waals surface area (Å²) in [4.78, 5) is 11.3. The molecular formula is C13H16ClN3S. The molecule has 1 N–H and O–H groups in total. The van der Waals surface area contributed by atoms with Gasteiger partial charge in [0.1, 0.15) is 10.6 Å². The van der Waals surface area contributed by atoms with Crippen LogP contribution in [0.2, 0.25) is 5.28 Å². The van der Waals surface area contributed by atoms with Crippen LogP contribution in [0.4, 0.5) is 5.82 Å². The summed E-state index contributed by atoms with van der Waals surface area (Å²) in [6, 6.07) is 0.346. The lowest BCUT2D eigenvalue weighted by molar-refractivity contribution is 0.700. The third-order valence-electron chi connectivity index (χ3n) is 3.21. The predicted octanol–water partition coefficient (Wildman–Crippen LogP) is 4.04. The second-order valence-electron chi connectivity index (χ2n) is 5.03. The standard InChI is InChI=1S/C13H16ClN3S/c1-7(2)15-11-10-8-5-3-4-6-9(8)18-12(10)17-13(14)16-11/h7H,3-6H2,1-2H3,(H,15,16,17). The van der Waals surface area contributed by atoms with Crippen molar-refractivity contribution in [3.8, 4) is 0 Å². The first kappa shape index (κ1) is 12.2. The van der Waals surface area contributed by atoms with Gasteiger partial charge in [0.25, 0.3) is 0 Å². The van der Waals surface area contributed by atoms with Crippen molar-refractivity contribution in [2.45, 2.75) is 45.6 Å². The quantitative estimate of drug-likeness (QED) is 0.844. The van der Waals surface area contributed by atoms with E-state index in [2.05, 4.69) is 29.1 Å². The van der Waals surface area contributed by atoms with Crippen molar-refractivity contribution in [1.29, 1.82) is 0 Å². The number of nitrogens with zero attached hydrogens (tertiary/aromatic N) is 2. The molecule has 0 saturated heterocycles. The molecular weight excluding hydrogens is 266 g/mol. The summed E-state index contributed by atoms with van der Waals surface area (Å²) in [5.74, 6) is 0.902. The molecule has 0 unspecified atom stereocenters. The Bertz CT molecular complexity index is 591. The van der Waals surface area contributed by atoms with Gasteiger partial charge in [0.15, 0.2) is 0 Å². The maximum Gasteiger partial charge on any atom is 0.225 e. The van der Waals surface area contributed by atoms with Gasteiger partial charge in [-0.15, -0.1) is 11.3 Å². The number of fused-ring (bicyclic) bond motifs is 3. The van der Waals surface area contributed by atoms with Crippen molar-refractivity contribution in [2.24, 2.45) is 0 Å². The van der Waals surface area contributed by atoms with Crippen LogP contribution in [0.3, 0.4) is 0 Å². The maximum absolute atomic E-state index is 6.02. The lowest BCUT2D eigenvalue weighted by Crippen LogP contribution is -2.12. The van der Waals surface area contributed by atoms with Crippen LogP contribution >= 0.6 is 22.9 Å². The molecule has 3 rings (SSSR count). The van der Waals surface area contributed by atoms with Gasteiger partial charge in [-0.25, -0.2) is 9.97 Å². The minimum Gasteiger partial charge on any atom is -0.367 e. The van der Waals surface area contributed by atoms with E-state index >= 15 is 0 Å². The van der Waals surface area contributed by atoms with E-state index in [1.807, 2.05) is 0 Å². The Morgan fingerprint density at radius 3 is 2.78 bits per heavy atom. The van der Waals surface area contributed by atoms with Gasteiger partial charge in [-0.1, -0.05) is 0 Å². The van der Waals surface area contributed by atoms with Gasteiger partial charge in [0, 0.05) is 10.9 Å². The van der Waals surface area contributed by atoms with Crippen molar-refractivity contribution < 1.29 is 0 Å². The van der Waals surface area contributed by atoms with Crippen molar-refractivity contribution in [1.82, 2.24) is 9.97 Å². The summed E-state index contributed by atoms with van der Waals surface area (Å²) < 4.78 is 0. The number of thiophene rings is 1. The second-order valence-corrected chi connectivity index (χ2v) is 6.45. The Labute approximate surface area is 116 Å². The molecule has 2 heterocycles. The molecule has 0 aliphatic heterocycles. The summed E-state index contributed by atoms with van der Waals surface area (Å²) in [5, 5.41) is 4.93. The highest BCUT2D eigenvalue weighted by Gasteiger charge is 2.20. The number of hydrogen-bond acceptors (Lipinski definition) is 4. The lowest BCUT2D eigenvalue weighted by Gasteiger charge is -2.14. The van der Waals surface area contributed by atoms with E-state index in [9.17, 15) is 0 Å². The molecule has 2 aromatic heterocycles. The van der Waals surface area contributed by atoms with Gasteiger partial charge < -0.3 is 5.32 Å². The molecule has 96 valence electrons. The number of halogens is 1. The Morgan fingerprint density at radius 1 is 1.22 bits per heavy atom. The fraction of sp³-hybridized carbons (Fsp3) is 0.538. The van der Waals surface area contributed by atoms with Crippen LogP contribution in [0, 0.1) is 0 Å². The first-order chi connectivity index (χ1) is 8.65. The fourth-order valence-corrected chi connectivity index (χ4v) is 3.99. The molecule has 0 atom stereocenters. The van der Waals surface area contributed by atoms with Crippen LogP contribution in [-0.2, 0) is 12.8 Å². The number of nitrogens with one attached hydrogen (secondary N) is 1. The summed E-state index contributed by atoms with van der Waals surface area (Å²) in [7, 11) is 0. The number of anilines is 1. The van der Waals surface area contributed by atoms with Crippen LogP contribution in [0.15, 0.2) is 0 Å². The maximum atomic E-state index is 6.02. The molecule has 1 aliphatic rings. The summed E-state index contributed by atoms with van der Waals surface area (Å²) >= 11 is 7.79. The minimum absolute atomic E-state index is 0.337. The second kappa shape index (κ2) is 4.67. The highest BCUT2D eigenvalue weighted by atomic mass is 35.5. The number of hydrogen-bond donors (Lipinski definition) is 1. The molecule has 3 nitrogen and oxygen atoms in total. The summed E-state index contributed by atoms with van der Waals surface area (Å²) in [5.41, 5.74) is 1.45. The van der Waals surface area contributed by atoms with Crippen LogP contribution < -0.4 is 5.32 Å². The molecule has 18 heavy (non-hydrogen) atoms. The number of aromatic nitrogens is 2. The average molecular weight is 282 g/mol. The van der Waals surface area contributed by atoms with Crippen LogP contribution in [-0.4, -0.2) is 16.0 Å². The zero-order valence-corrected chi connectivity index (χ0v) is 12.2. The number of aryl methyl sites for hydroxylation is 2. The van der Waals surface area contributed by atoms with Crippen molar-refractivity contribution in [3.63, 3.8) is 0 Å². The first-order valence-corrected chi connectivity index (χ1v) is 7.59. The van der Waals surface area contributed by atoms with Gasteiger partial charge >= 0.3 is 0 Å². The van der Waals surface area contributed by atoms with E-state index in [1.165, 1.54) is 35.1 Å². The molecule has 0 saturated carbocycles. The summed E-state index contributed by atoms with van der Waals surface area (Å²) in [6.07, 6.45) is 4.87. The third-order valence-corrected chi connectivity index (χ3v) is 4.57.